The third kappa shape index (κ3) is 5.08. The van der Waals surface area contributed by atoms with Crippen molar-refractivity contribution in [2.45, 2.75) is 19.4 Å². The van der Waals surface area contributed by atoms with E-state index in [4.69, 9.17) is 4.74 Å². The van der Waals surface area contributed by atoms with E-state index >= 15 is 0 Å². The van der Waals surface area contributed by atoms with Crippen molar-refractivity contribution in [2.24, 2.45) is 0 Å². The van der Waals surface area contributed by atoms with E-state index in [0.717, 1.165) is 24.6 Å². The van der Waals surface area contributed by atoms with Crippen LogP contribution < -0.4 is 14.7 Å². The van der Waals surface area contributed by atoms with E-state index in [1.165, 1.54) is 10.5 Å². The number of aliphatic carboxylic acids is 1. The number of nitrogens with zero attached hydrogens (tertiary/aromatic N) is 1. The van der Waals surface area contributed by atoms with Crippen LogP contribution in [0, 0.1) is 0 Å². The van der Waals surface area contributed by atoms with Gasteiger partial charge in [-0.2, -0.15) is 0 Å². The summed E-state index contributed by atoms with van der Waals surface area (Å²) in [4.78, 5) is 25.4. The molecule has 1 aliphatic heterocycles. The van der Waals surface area contributed by atoms with Gasteiger partial charge in [0.25, 0.3) is 0 Å². The summed E-state index contributed by atoms with van der Waals surface area (Å²) in [6, 6.07) is 18.0. The average Bonchev–Trinajstić information content (AvgIpc) is 2.68. The van der Waals surface area contributed by atoms with Crippen LogP contribution in [0.25, 0.3) is 0 Å². The van der Waals surface area contributed by atoms with Crippen LogP contribution in [-0.2, 0) is 9.59 Å². The van der Waals surface area contributed by atoms with Crippen molar-refractivity contribution < 1.29 is 24.3 Å². The van der Waals surface area contributed by atoms with Crippen LogP contribution in [0.1, 0.15) is 24.9 Å². The van der Waals surface area contributed by atoms with Crippen LogP contribution in [0.2, 0.25) is 0 Å². The molecule has 1 fully saturated rings. The van der Waals surface area contributed by atoms with Crippen molar-refractivity contribution in [3.8, 4) is 11.5 Å². The molecule has 142 valence electrons. The zero-order valence-electron chi connectivity index (χ0n) is 15.4. The highest BCUT2D eigenvalue weighted by Crippen LogP contribution is 2.22. The molecule has 0 unspecified atom stereocenters. The number of carboxylic acid groups (broad SMARTS) is 1. The minimum Gasteiger partial charge on any atom is -0.550 e. The number of carbonyl (C=O) groups excluding carboxylic acids is 2. The van der Waals surface area contributed by atoms with E-state index in [2.05, 4.69) is 19.1 Å². The number of ether oxygens (including phenoxy) is 1. The number of amides is 1. The lowest BCUT2D eigenvalue weighted by molar-refractivity contribution is -0.933. The summed E-state index contributed by atoms with van der Waals surface area (Å²) in [7, 11) is 0. The second-order valence-corrected chi connectivity index (χ2v) is 6.79. The quantitative estimate of drug-likeness (QED) is 0.750. The van der Waals surface area contributed by atoms with Crippen LogP contribution in [-0.4, -0.2) is 43.0 Å². The van der Waals surface area contributed by atoms with Crippen molar-refractivity contribution in [1.29, 1.82) is 0 Å². The Kier molecular flexibility index (Phi) is 6.08. The first kappa shape index (κ1) is 18.9. The summed E-state index contributed by atoms with van der Waals surface area (Å²) in [5.74, 6) is -0.0730. The van der Waals surface area contributed by atoms with E-state index in [9.17, 15) is 14.7 Å². The number of para-hydroxylation sites is 1. The lowest BCUT2D eigenvalue weighted by Crippen LogP contribution is -3.14. The minimum absolute atomic E-state index is 0.286. The molecular formula is C21H24N2O4. The number of hydrogen-bond acceptors (Lipinski definition) is 4. The van der Waals surface area contributed by atoms with Crippen LogP contribution in [0.5, 0.6) is 11.5 Å². The summed E-state index contributed by atoms with van der Waals surface area (Å²) in [5, 5.41) is 10.6. The van der Waals surface area contributed by atoms with Crippen molar-refractivity contribution in [1.82, 2.24) is 4.90 Å². The van der Waals surface area contributed by atoms with Gasteiger partial charge in [-0.3, -0.25) is 4.79 Å². The molecule has 0 radical (unpaired) electrons. The third-order valence-electron chi connectivity index (χ3n) is 5.03. The number of benzene rings is 2. The van der Waals surface area contributed by atoms with Gasteiger partial charge in [-0.15, -0.1) is 0 Å². The van der Waals surface area contributed by atoms with Crippen molar-refractivity contribution in [3.63, 3.8) is 0 Å². The van der Waals surface area contributed by atoms with Gasteiger partial charge < -0.3 is 24.4 Å². The highest BCUT2D eigenvalue weighted by atomic mass is 16.5. The first-order valence-electron chi connectivity index (χ1n) is 9.18. The molecule has 2 aromatic rings. The maximum atomic E-state index is 11.8. The topological polar surface area (TPSA) is 74.1 Å². The molecule has 1 N–H and O–H groups in total. The number of carboxylic acids is 1. The normalized spacial score (nSPS) is 16.0. The van der Waals surface area contributed by atoms with Gasteiger partial charge in [0, 0.05) is 5.56 Å². The predicted molar refractivity (Wildman–Crippen MR) is 98.3 cm³/mol. The van der Waals surface area contributed by atoms with Crippen molar-refractivity contribution in [2.75, 3.05) is 26.2 Å². The molecule has 27 heavy (non-hydrogen) atoms. The molecule has 1 atom stereocenters. The molecule has 1 amide bonds. The fourth-order valence-electron chi connectivity index (χ4n) is 3.40. The Morgan fingerprint density at radius 3 is 2.22 bits per heavy atom. The smallest absolute Gasteiger partial charge is 0.228 e. The van der Waals surface area contributed by atoms with E-state index in [0.29, 0.717) is 13.1 Å². The van der Waals surface area contributed by atoms with Gasteiger partial charge in [0.05, 0.1) is 38.6 Å². The summed E-state index contributed by atoms with van der Waals surface area (Å²) in [6.45, 7) is 4.90. The summed E-state index contributed by atoms with van der Waals surface area (Å²) < 4.78 is 5.83. The molecule has 0 saturated carbocycles. The van der Waals surface area contributed by atoms with Crippen molar-refractivity contribution >= 4 is 11.9 Å². The van der Waals surface area contributed by atoms with E-state index in [-0.39, 0.29) is 11.9 Å². The highest BCUT2D eigenvalue weighted by molar-refractivity contribution is 5.92. The van der Waals surface area contributed by atoms with Gasteiger partial charge >= 0.3 is 0 Å². The molecule has 0 spiro atoms. The monoisotopic (exact) mass is 368 g/mol. The van der Waals surface area contributed by atoms with Gasteiger partial charge in [0.2, 0.25) is 5.91 Å². The lowest BCUT2D eigenvalue weighted by Gasteiger charge is -2.35. The Bertz CT molecular complexity index is 769. The molecule has 0 bridgehead atoms. The lowest BCUT2D eigenvalue weighted by atomic mass is 10.1. The molecule has 1 saturated heterocycles. The van der Waals surface area contributed by atoms with Crippen LogP contribution in [0.4, 0.5) is 0 Å². The molecule has 2 aromatic carbocycles. The standard InChI is InChI=1S/C21H24N2O4/c1-16(22-11-13-23(14-12-22)20(24)15-21(25)26)17-7-9-19(10-8-17)27-18-5-3-2-4-6-18/h2-10,16H,11-15H2,1H3,(H,25,26)/t16-/m0/s1. The second kappa shape index (κ2) is 8.68. The number of rotatable bonds is 6. The number of carbonyl (C=O) groups is 2. The molecule has 0 aliphatic carbocycles. The number of piperazine rings is 1. The second-order valence-electron chi connectivity index (χ2n) is 6.79. The summed E-state index contributed by atoms with van der Waals surface area (Å²) in [6.07, 6.45) is -0.534. The van der Waals surface area contributed by atoms with Gasteiger partial charge in [-0.25, -0.2) is 0 Å². The Labute approximate surface area is 159 Å². The van der Waals surface area contributed by atoms with Gasteiger partial charge in [-0.1, -0.05) is 18.2 Å². The van der Waals surface area contributed by atoms with Gasteiger partial charge in [0.15, 0.2) is 0 Å². The molecule has 3 rings (SSSR count). The Morgan fingerprint density at radius 1 is 1.04 bits per heavy atom. The fraction of sp³-hybridized carbons (Fsp3) is 0.333. The van der Waals surface area contributed by atoms with Gasteiger partial charge in [0.1, 0.15) is 17.5 Å². The Balaban J connectivity index is 1.54. The first-order chi connectivity index (χ1) is 13.0. The maximum Gasteiger partial charge on any atom is 0.228 e. The summed E-state index contributed by atoms with van der Waals surface area (Å²) in [5.41, 5.74) is 1.21. The van der Waals surface area contributed by atoms with Crippen molar-refractivity contribution in [3.05, 3.63) is 60.2 Å². The largest absolute Gasteiger partial charge is 0.550 e. The number of nitrogens with one attached hydrogen (secondary N) is 1. The van der Waals surface area contributed by atoms with Gasteiger partial charge in [-0.05, 0) is 43.3 Å². The van der Waals surface area contributed by atoms with E-state index in [1.54, 1.807) is 4.90 Å². The third-order valence-corrected chi connectivity index (χ3v) is 5.03. The molecular weight excluding hydrogens is 344 g/mol. The number of hydrogen-bond donors (Lipinski definition) is 1. The van der Waals surface area contributed by atoms with E-state index < -0.39 is 12.4 Å². The van der Waals surface area contributed by atoms with Crippen LogP contribution >= 0.6 is 0 Å². The van der Waals surface area contributed by atoms with Crippen LogP contribution in [0.3, 0.4) is 0 Å². The first-order valence-corrected chi connectivity index (χ1v) is 9.18. The molecule has 0 aromatic heterocycles. The maximum absolute atomic E-state index is 11.8. The number of quaternary nitrogens is 1. The molecule has 6 nitrogen and oxygen atoms in total. The summed E-state index contributed by atoms with van der Waals surface area (Å²) >= 11 is 0. The molecule has 1 aliphatic rings. The SMILES string of the molecule is C[C@@H](c1ccc(Oc2ccccc2)cc1)[NH+]1CCN(C(=O)CC(=O)[O-])CC1. The minimum atomic E-state index is -1.32. The highest BCUT2D eigenvalue weighted by Gasteiger charge is 2.27. The average molecular weight is 368 g/mol. The fourth-order valence-corrected chi connectivity index (χ4v) is 3.40. The van der Waals surface area contributed by atoms with E-state index in [1.807, 2.05) is 42.5 Å². The van der Waals surface area contributed by atoms with Crippen LogP contribution in [0.15, 0.2) is 54.6 Å². The zero-order chi connectivity index (χ0) is 19.2. The zero-order valence-corrected chi connectivity index (χ0v) is 15.4. The predicted octanol–water partition coefficient (Wildman–Crippen LogP) is 0.407. The molecule has 6 heteroatoms. The Hall–Kier alpha value is -2.86. The molecule has 1 heterocycles. The Morgan fingerprint density at radius 2 is 1.63 bits per heavy atom.